The number of benzene rings is 1. The summed E-state index contributed by atoms with van der Waals surface area (Å²) in [6.07, 6.45) is 1.50. The molecule has 100 valence electrons. The summed E-state index contributed by atoms with van der Waals surface area (Å²) in [4.78, 5) is 11.9. The molecule has 0 radical (unpaired) electrons. The fraction of sp³-hybridized carbons (Fsp3) is 0.167. The Balaban J connectivity index is 2.05. The number of para-hydroxylation sites is 2. The van der Waals surface area contributed by atoms with Crippen LogP contribution in [-0.4, -0.2) is 22.8 Å². The smallest absolute Gasteiger partial charge is 0.246 e. The lowest BCUT2D eigenvalue weighted by molar-refractivity contribution is -0.116. The summed E-state index contributed by atoms with van der Waals surface area (Å²) in [7, 11) is 1.54. The van der Waals surface area contributed by atoms with Crippen molar-refractivity contribution in [1.82, 2.24) is 9.78 Å². The van der Waals surface area contributed by atoms with Gasteiger partial charge in [-0.3, -0.25) is 9.48 Å². The lowest BCUT2D eigenvalue weighted by atomic mass is 10.3. The molecule has 1 amide bonds. The zero-order valence-electron chi connectivity index (χ0n) is 10.3. The molecule has 19 heavy (non-hydrogen) atoms. The molecule has 1 heterocycles. The molecule has 0 aliphatic rings. The van der Waals surface area contributed by atoms with Crippen LogP contribution >= 0.6 is 11.6 Å². The maximum absolute atomic E-state index is 11.9. The molecule has 0 saturated carbocycles. The van der Waals surface area contributed by atoms with Gasteiger partial charge in [-0.2, -0.15) is 5.10 Å². The summed E-state index contributed by atoms with van der Waals surface area (Å²) in [6.45, 7) is 0.0228. The first-order valence-corrected chi connectivity index (χ1v) is 5.89. The number of nitrogens with two attached hydrogens (primary N) is 1. The van der Waals surface area contributed by atoms with Crippen molar-refractivity contribution >= 4 is 29.0 Å². The number of hydrogen-bond acceptors (Lipinski definition) is 4. The van der Waals surface area contributed by atoms with Gasteiger partial charge in [0.15, 0.2) is 5.82 Å². The van der Waals surface area contributed by atoms with Gasteiger partial charge in [-0.15, -0.1) is 0 Å². The Morgan fingerprint density at radius 1 is 1.53 bits per heavy atom. The number of ether oxygens (including phenoxy) is 1. The predicted octanol–water partition coefficient (Wildman–Crippen LogP) is 1.77. The number of amides is 1. The normalized spacial score (nSPS) is 10.2. The van der Waals surface area contributed by atoms with Crippen LogP contribution < -0.4 is 15.8 Å². The molecule has 0 bridgehead atoms. The standard InChI is InChI=1S/C12H13ClN4O2/c1-19-10-5-3-2-4-9(10)15-11(18)7-17-6-8(13)12(14)16-17/h2-6H,7H2,1H3,(H2,14,16)(H,15,18). The van der Waals surface area contributed by atoms with Crippen LogP contribution in [0.15, 0.2) is 30.5 Å². The van der Waals surface area contributed by atoms with E-state index in [9.17, 15) is 4.79 Å². The number of carbonyl (C=O) groups excluding carboxylic acids is 1. The molecule has 1 aromatic carbocycles. The second-order valence-electron chi connectivity index (χ2n) is 3.81. The van der Waals surface area contributed by atoms with Crippen molar-refractivity contribution in [3.05, 3.63) is 35.5 Å². The number of anilines is 2. The summed E-state index contributed by atoms with van der Waals surface area (Å²) in [5.41, 5.74) is 6.10. The molecular weight excluding hydrogens is 268 g/mol. The molecule has 0 aliphatic heterocycles. The van der Waals surface area contributed by atoms with E-state index in [-0.39, 0.29) is 18.3 Å². The zero-order chi connectivity index (χ0) is 13.8. The quantitative estimate of drug-likeness (QED) is 0.894. The van der Waals surface area contributed by atoms with Crippen molar-refractivity contribution in [2.75, 3.05) is 18.2 Å². The lowest BCUT2D eigenvalue weighted by Crippen LogP contribution is -2.19. The highest BCUT2D eigenvalue weighted by Gasteiger charge is 2.09. The van der Waals surface area contributed by atoms with Gasteiger partial charge in [-0.25, -0.2) is 0 Å². The van der Waals surface area contributed by atoms with Crippen LogP contribution in [0.25, 0.3) is 0 Å². The van der Waals surface area contributed by atoms with Gasteiger partial charge in [0.1, 0.15) is 17.3 Å². The van der Waals surface area contributed by atoms with Crippen molar-refractivity contribution in [1.29, 1.82) is 0 Å². The molecule has 0 aliphatic carbocycles. The van der Waals surface area contributed by atoms with E-state index in [2.05, 4.69) is 10.4 Å². The third-order valence-corrected chi connectivity index (χ3v) is 2.72. The molecular formula is C12H13ClN4O2. The van der Waals surface area contributed by atoms with Gasteiger partial charge < -0.3 is 15.8 Å². The number of nitrogens with zero attached hydrogens (tertiary/aromatic N) is 2. The van der Waals surface area contributed by atoms with Crippen molar-refractivity contribution in [2.24, 2.45) is 0 Å². The van der Waals surface area contributed by atoms with Crippen LogP contribution in [-0.2, 0) is 11.3 Å². The maximum Gasteiger partial charge on any atom is 0.246 e. The van der Waals surface area contributed by atoms with Crippen molar-refractivity contribution < 1.29 is 9.53 Å². The predicted molar refractivity (Wildman–Crippen MR) is 73.3 cm³/mol. The Morgan fingerprint density at radius 2 is 2.26 bits per heavy atom. The van der Waals surface area contributed by atoms with E-state index in [1.165, 1.54) is 10.9 Å². The van der Waals surface area contributed by atoms with E-state index in [1.807, 2.05) is 6.07 Å². The first-order valence-electron chi connectivity index (χ1n) is 5.51. The third-order valence-electron chi connectivity index (χ3n) is 2.43. The maximum atomic E-state index is 11.9. The molecule has 3 N–H and O–H groups in total. The van der Waals surface area contributed by atoms with Crippen LogP contribution in [0.1, 0.15) is 0 Å². The van der Waals surface area contributed by atoms with Crippen molar-refractivity contribution in [2.45, 2.75) is 6.54 Å². The number of halogens is 1. The Morgan fingerprint density at radius 3 is 2.89 bits per heavy atom. The molecule has 2 rings (SSSR count). The Bertz CT molecular complexity index is 578. The minimum Gasteiger partial charge on any atom is -0.495 e. The molecule has 0 unspecified atom stereocenters. The number of nitrogens with one attached hydrogen (secondary N) is 1. The second kappa shape index (κ2) is 5.62. The number of carbonyl (C=O) groups is 1. The van der Waals surface area contributed by atoms with Gasteiger partial charge in [0, 0.05) is 6.20 Å². The van der Waals surface area contributed by atoms with Gasteiger partial charge in [-0.05, 0) is 12.1 Å². The number of aromatic nitrogens is 2. The lowest BCUT2D eigenvalue weighted by Gasteiger charge is -2.09. The molecule has 0 saturated heterocycles. The van der Waals surface area contributed by atoms with E-state index >= 15 is 0 Å². The minimum absolute atomic E-state index is 0.0228. The molecule has 0 spiro atoms. The SMILES string of the molecule is COc1ccccc1NC(=O)Cn1cc(Cl)c(N)n1. The monoisotopic (exact) mass is 280 g/mol. The second-order valence-corrected chi connectivity index (χ2v) is 4.22. The van der Waals surface area contributed by atoms with Crippen molar-refractivity contribution in [3.63, 3.8) is 0 Å². The average molecular weight is 281 g/mol. The molecule has 7 heteroatoms. The van der Waals surface area contributed by atoms with Gasteiger partial charge in [0.05, 0.1) is 12.8 Å². The van der Waals surface area contributed by atoms with E-state index < -0.39 is 0 Å². The molecule has 6 nitrogen and oxygen atoms in total. The number of hydrogen-bond donors (Lipinski definition) is 2. The van der Waals surface area contributed by atoms with Crippen LogP contribution in [0, 0.1) is 0 Å². The summed E-state index contributed by atoms with van der Waals surface area (Å²) in [5.74, 6) is 0.546. The Kier molecular flexibility index (Phi) is 3.91. The number of nitrogen functional groups attached to an aromatic ring is 1. The summed E-state index contributed by atoms with van der Waals surface area (Å²) in [6, 6.07) is 7.14. The topological polar surface area (TPSA) is 82.2 Å². The highest BCUT2D eigenvalue weighted by atomic mass is 35.5. The molecule has 0 atom stereocenters. The van der Waals surface area contributed by atoms with Crippen LogP contribution in [0.5, 0.6) is 5.75 Å². The average Bonchev–Trinajstić information content (AvgIpc) is 2.68. The fourth-order valence-electron chi connectivity index (χ4n) is 1.58. The van der Waals surface area contributed by atoms with E-state index in [4.69, 9.17) is 22.1 Å². The van der Waals surface area contributed by atoms with Crippen LogP contribution in [0.3, 0.4) is 0 Å². The highest BCUT2D eigenvalue weighted by molar-refractivity contribution is 6.32. The fourth-order valence-corrected chi connectivity index (χ4v) is 1.73. The molecule has 0 fully saturated rings. The van der Waals surface area contributed by atoms with Crippen LogP contribution in [0.2, 0.25) is 5.02 Å². The van der Waals surface area contributed by atoms with Crippen molar-refractivity contribution in [3.8, 4) is 5.75 Å². The van der Waals surface area contributed by atoms with Gasteiger partial charge in [0.25, 0.3) is 0 Å². The summed E-state index contributed by atoms with van der Waals surface area (Å²) >= 11 is 5.76. The van der Waals surface area contributed by atoms with E-state index in [1.54, 1.807) is 25.3 Å². The molecule has 2 aromatic rings. The first kappa shape index (κ1) is 13.2. The first-order chi connectivity index (χ1) is 9.10. The van der Waals surface area contributed by atoms with Gasteiger partial charge in [0.2, 0.25) is 5.91 Å². The molecule has 1 aromatic heterocycles. The largest absolute Gasteiger partial charge is 0.495 e. The van der Waals surface area contributed by atoms with Crippen LogP contribution in [0.4, 0.5) is 11.5 Å². The number of methoxy groups -OCH3 is 1. The Labute approximate surface area is 115 Å². The Hall–Kier alpha value is -2.21. The van der Waals surface area contributed by atoms with E-state index in [0.717, 1.165) is 0 Å². The van der Waals surface area contributed by atoms with E-state index in [0.29, 0.717) is 16.5 Å². The van der Waals surface area contributed by atoms with Gasteiger partial charge >= 0.3 is 0 Å². The number of rotatable bonds is 4. The van der Waals surface area contributed by atoms with Gasteiger partial charge in [-0.1, -0.05) is 23.7 Å². The highest BCUT2D eigenvalue weighted by Crippen LogP contribution is 2.23. The summed E-state index contributed by atoms with van der Waals surface area (Å²) in [5, 5.41) is 6.96. The summed E-state index contributed by atoms with van der Waals surface area (Å²) < 4.78 is 6.52. The zero-order valence-corrected chi connectivity index (χ0v) is 11.0. The third kappa shape index (κ3) is 3.17. The minimum atomic E-state index is -0.247.